The van der Waals surface area contributed by atoms with Crippen LogP contribution in [-0.2, 0) is 11.3 Å². The van der Waals surface area contributed by atoms with Gasteiger partial charge in [-0.25, -0.2) is 0 Å². The number of primary amides is 1. The molecule has 5 nitrogen and oxygen atoms in total. The number of nitrogens with two attached hydrogens (primary N) is 1. The molecule has 2 aromatic rings. The zero-order valence-electron chi connectivity index (χ0n) is 9.96. The van der Waals surface area contributed by atoms with Crippen molar-refractivity contribution in [1.82, 2.24) is 9.97 Å². The third kappa shape index (κ3) is 2.36. The van der Waals surface area contributed by atoms with Crippen molar-refractivity contribution >= 4 is 5.91 Å². The summed E-state index contributed by atoms with van der Waals surface area (Å²) >= 11 is 0. The van der Waals surface area contributed by atoms with E-state index >= 15 is 0 Å². The maximum atomic E-state index is 11.6. The molecular formula is C13H13N3O2. The molecular weight excluding hydrogens is 230 g/mol. The van der Waals surface area contributed by atoms with Crippen molar-refractivity contribution in [2.75, 3.05) is 7.11 Å². The minimum atomic E-state index is -0.512. The Kier molecular flexibility index (Phi) is 3.64. The second kappa shape index (κ2) is 5.37. The summed E-state index contributed by atoms with van der Waals surface area (Å²) in [5.41, 5.74) is 7.98. The van der Waals surface area contributed by atoms with Crippen molar-refractivity contribution in [3.05, 3.63) is 48.0 Å². The van der Waals surface area contributed by atoms with Gasteiger partial charge in [-0.05, 0) is 29.3 Å². The Hall–Kier alpha value is -2.27. The number of rotatable bonds is 4. The monoisotopic (exact) mass is 243 g/mol. The average molecular weight is 243 g/mol. The fourth-order valence-corrected chi connectivity index (χ4v) is 1.80. The van der Waals surface area contributed by atoms with Crippen LogP contribution in [0.15, 0.2) is 36.8 Å². The molecule has 0 aliphatic carbocycles. The van der Waals surface area contributed by atoms with E-state index in [1.165, 1.54) is 0 Å². The Morgan fingerprint density at radius 1 is 1.28 bits per heavy atom. The first-order valence-corrected chi connectivity index (χ1v) is 5.41. The maximum absolute atomic E-state index is 11.6. The van der Waals surface area contributed by atoms with Gasteiger partial charge in [-0.15, -0.1) is 0 Å². The van der Waals surface area contributed by atoms with Gasteiger partial charge in [0.1, 0.15) is 0 Å². The molecule has 92 valence electrons. The summed E-state index contributed by atoms with van der Waals surface area (Å²) in [6, 6.07) is 5.39. The zero-order chi connectivity index (χ0) is 13.0. The first-order valence-electron chi connectivity index (χ1n) is 5.41. The summed E-state index contributed by atoms with van der Waals surface area (Å²) in [6.45, 7) is 0.247. The van der Waals surface area contributed by atoms with E-state index in [9.17, 15) is 4.79 Å². The highest BCUT2D eigenvalue weighted by molar-refractivity contribution is 6.00. The van der Waals surface area contributed by atoms with E-state index in [0.717, 1.165) is 11.1 Å². The molecule has 0 aliphatic rings. The number of ether oxygens (including phenoxy) is 1. The summed E-state index contributed by atoms with van der Waals surface area (Å²) in [5, 5.41) is 0. The number of nitrogens with zero attached hydrogens (tertiary/aromatic N) is 2. The lowest BCUT2D eigenvalue weighted by molar-refractivity contribution is 0.0995. The Morgan fingerprint density at radius 3 is 2.61 bits per heavy atom. The standard InChI is InChI=1S/C13H13N3O2/c1-18-8-11-12(13(14)17)10(4-7-16-11)9-2-5-15-6-3-9/h2-7H,8H2,1H3,(H2,14,17). The van der Waals surface area contributed by atoms with Crippen LogP contribution in [-0.4, -0.2) is 23.0 Å². The topological polar surface area (TPSA) is 78.1 Å². The van der Waals surface area contributed by atoms with Crippen LogP contribution in [0, 0.1) is 0 Å². The second-order valence-corrected chi connectivity index (χ2v) is 3.71. The molecule has 18 heavy (non-hydrogen) atoms. The molecule has 0 atom stereocenters. The van der Waals surface area contributed by atoms with Crippen LogP contribution in [0.4, 0.5) is 0 Å². The Morgan fingerprint density at radius 2 is 2.00 bits per heavy atom. The number of hydrogen-bond donors (Lipinski definition) is 1. The largest absolute Gasteiger partial charge is 0.378 e. The van der Waals surface area contributed by atoms with Crippen LogP contribution < -0.4 is 5.73 Å². The molecule has 2 heterocycles. The fourth-order valence-electron chi connectivity index (χ4n) is 1.80. The van der Waals surface area contributed by atoms with Gasteiger partial charge in [-0.3, -0.25) is 14.8 Å². The molecule has 5 heteroatoms. The Balaban J connectivity index is 2.60. The molecule has 0 aromatic carbocycles. The number of carbonyl (C=O) groups is 1. The van der Waals surface area contributed by atoms with E-state index in [4.69, 9.17) is 10.5 Å². The Bertz CT molecular complexity index is 555. The van der Waals surface area contributed by atoms with E-state index in [1.807, 2.05) is 12.1 Å². The van der Waals surface area contributed by atoms with E-state index in [2.05, 4.69) is 9.97 Å². The lowest BCUT2D eigenvalue weighted by atomic mass is 10.00. The highest BCUT2D eigenvalue weighted by Crippen LogP contribution is 2.24. The lowest BCUT2D eigenvalue weighted by Crippen LogP contribution is -2.16. The van der Waals surface area contributed by atoms with Gasteiger partial charge in [0.05, 0.1) is 17.9 Å². The second-order valence-electron chi connectivity index (χ2n) is 3.71. The molecule has 0 aliphatic heterocycles. The third-order valence-electron chi connectivity index (χ3n) is 2.55. The normalized spacial score (nSPS) is 10.3. The number of carbonyl (C=O) groups excluding carboxylic acids is 1. The minimum absolute atomic E-state index is 0.247. The maximum Gasteiger partial charge on any atom is 0.251 e. The highest BCUT2D eigenvalue weighted by Gasteiger charge is 2.15. The predicted octanol–water partition coefficient (Wildman–Crippen LogP) is 1.39. The number of methoxy groups -OCH3 is 1. The van der Waals surface area contributed by atoms with Crippen molar-refractivity contribution in [3.63, 3.8) is 0 Å². The van der Waals surface area contributed by atoms with Gasteiger partial charge >= 0.3 is 0 Å². The molecule has 0 saturated heterocycles. The lowest BCUT2D eigenvalue weighted by Gasteiger charge is -2.10. The van der Waals surface area contributed by atoms with E-state index in [0.29, 0.717) is 11.3 Å². The van der Waals surface area contributed by atoms with Crippen molar-refractivity contribution in [3.8, 4) is 11.1 Å². The number of amides is 1. The molecule has 2 aromatic heterocycles. The summed E-state index contributed by atoms with van der Waals surface area (Å²) in [6.07, 6.45) is 4.96. The molecule has 1 amide bonds. The van der Waals surface area contributed by atoms with Crippen molar-refractivity contribution < 1.29 is 9.53 Å². The van der Waals surface area contributed by atoms with Gasteiger partial charge in [0, 0.05) is 25.7 Å². The molecule has 0 spiro atoms. The van der Waals surface area contributed by atoms with Crippen LogP contribution >= 0.6 is 0 Å². The highest BCUT2D eigenvalue weighted by atomic mass is 16.5. The van der Waals surface area contributed by atoms with Crippen molar-refractivity contribution in [1.29, 1.82) is 0 Å². The van der Waals surface area contributed by atoms with Gasteiger partial charge in [-0.2, -0.15) is 0 Å². The summed E-state index contributed by atoms with van der Waals surface area (Å²) in [5.74, 6) is -0.512. The molecule has 0 fully saturated rings. The van der Waals surface area contributed by atoms with Crippen molar-refractivity contribution in [2.24, 2.45) is 5.73 Å². The number of pyridine rings is 2. The number of hydrogen-bond acceptors (Lipinski definition) is 4. The van der Waals surface area contributed by atoms with Gasteiger partial charge in [0.25, 0.3) is 5.91 Å². The molecule has 0 unspecified atom stereocenters. The predicted molar refractivity (Wildman–Crippen MR) is 66.7 cm³/mol. The minimum Gasteiger partial charge on any atom is -0.378 e. The molecule has 0 radical (unpaired) electrons. The fraction of sp³-hybridized carbons (Fsp3) is 0.154. The molecule has 2 rings (SSSR count). The Labute approximate surface area is 105 Å². The van der Waals surface area contributed by atoms with E-state index < -0.39 is 5.91 Å². The average Bonchev–Trinajstić information content (AvgIpc) is 2.39. The SMILES string of the molecule is COCc1nccc(-c2ccncc2)c1C(N)=O. The van der Waals surface area contributed by atoms with E-state index in [-0.39, 0.29) is 6.61 Å². The van der Waals surface area contributed by atoms with Crippen LogP contribution in [0.3, 0.4) is 0 Å². The molecule has 2 N–H and O–H groups in total. The van der Waals surface area contributed by atoms with Gasteiger partial charge < -0.3 is 10.5 Å². The van der Waals surface area contributed by atoms with Gasteiger partial charge in [0.15, 0.2) is 0 Å². The van der Waals surface area contributed by atoms with Crippen LogP contribution in [0.1, 0.15) is 16.1 Å². The summed E-state index contributed by atoms with van der Waals surface area (Å²) < 4.78 is 5.03. The first kappa shape index (κ1) is 12.2. The first-order chi connectivity index (χ1) is 8.74. The molecule has 0 saturated carbocycles. The zero-order valence-corrected chi connectivity index (χ0v) is 9.96. The number of aromatic nitrogens is 2. The van der Waals surface area contributed by atoms with Crippen LogP contribution in [0.2, 0.25) is 0 Å². The third-order valence-corrected chi connectivity index (χ3v) is 2.55. The smallest absolute Gasteiger partial charge is 0.251 e. The quantitative estimate of drug-likeness (QED) is 0.880. The van der Waals surface area contributed by atoms with E-state index in [1.54, 1.807) is 31.8 Å². The van der Waals surface area contributed by atoms with Crippen LogP contribution in [0.5, 0.6) is 0 Å². The van der Waals surface area contributed by atoms with Crippen LogP contribution in [0.25, 0.3) is 11.1 Å². The summed E-state index contributed by atoms with van der Waals surface area (Å²) in [4.78, 5) is 19.7. The van der Waals surface area contributed by atoms with Gasteiger partial charge in [0.2, 0.25) is 0 Å². The summed E-state index contributed by atoms with van der Waals surface area (Å²) in [7, 11) is 1.55. The molecule has 0 bridgehead atoms. The van der Waals surface area contributed by atoms with Gasteiger partial charge in [-0.1, -0.05) is 0 Å². The van der Waals surface area contributed by atoms with Crippen molar-refractivity contribution in [2.45, 2.75) is 6.61 Å².